The molecule has 1 aliphatic carbocycles. The first-order valence-electron chi connectivity index (χ1n) is 9.96. The van der Waals surface area contributed by atoms with Crippen molar-refractivity contribution in [2.75, 3.05) is 43.1 Å². The second-order valence-electron chi connectivity index (χ2n) is 7.35. The molecule has 3 rings (SSSR count). The van der Waals surface area contributed by atoms with E-state index in [9.17, 15) is 27.9 Å². The van der Waals surface area contributed by atoms with Crippen molar-refractivity contribution in [3.05, 3.63) is 46.5 Å². The van der Waals surface area contributed by atoms with Crippen LogP contribution in [0.2, 0.25) is 0 Å². The van der Waals surface area contributed by atoms with Crippen LogP contribution < -0.4 is 15.5 Å². The fraction of sp³-hybridized carbons (Fsp3) is 0.381. The van der Waals surface area contributed by atoms with Gasteiger partial charge in [-0.15, -0.1) is 0 Å². The van der Waals surface area contributed by atoms with Gasteiger partial charge in [-0.05, 0) is 24.3 Å². The first-order valence-corrected chi connectivity index (χ1v) is 10.7. The van der Waals surface area contributed by atoms with Crippen LogP contribution in [0.5, 0.6) is 0 Å². The summed E-state index contributed by atoms with van der Waals surface area (Å²) in [7, 11) is 0. The molecule has 178 valence electrons. The molecule has 7 nitrogen and oxygen atoms in total. The van der Waals surface area contributed by atoms with Gasteiger partial charge in [0, 0.05) is 41.6 Å². The van der Waals surface area contributed by atoms with Crippen LogP contribution in [0.3, 0.4) is 0 Å². The highest BCUT2D eigenvalue weighted by Crippen LogP contribution is 2.38. The van der Waals surface area contributed by atoms with Crippen molar-refractivity contribution in [2.24, 2.45) is 0 Å². The summed E-state index contributed by atoms with van der Waals surface area (Å²) >= 11 is 11.0. The summed E-state index contributed by atoms with van der Waals surface area (Å²) in [5, 5.41) is 15.8. The molecule has 1 atom stereocenters. The second kappa shape index (κ2) is 10.6. The highest BCUT2D eigenvalue weighted by molar-refractivity contribution is 7.81. The zero-order valence-corrected chi connectivity index (χ0v) is 18.8. The number of rotatable bonds is 7. The summed E-state index contributed by atoms with van der Waals surface area (Å²) in [5.41, 5.74) is -0.891. The molecule has 33 heavy (non-hydrogen) atoms. The Balaban J connectivity index is 1.61. The molecule has 1 fully saturated rings. The van der Waals surface area contributed by atoms with Gasteiger partial charge in [-0.3, -0.25) is 9.59 Å². The molecule has 1 aromatic carbocycles. The number of carbonyl (C=O) groups excluding carboxylic acids is 2. The van der Waals surface area contributed by atoms with Crippen LogP contribution in [0.15, 0.2) is 41.0 Å². The smallest absolute Gasteiger partial charge is 0.389 e. The third-order valence-corrected chi connectivity index (χ3v) is 5.58. The number of amides is 2. The molecule has 12 heteroatoms. The van der Waals surface area contributed by atoms with Crippen LogP contribution in [-0.2, 0) is 20.5 Å². The Hall–Kier alpha value is -2.47. The fourth-order valence-electron chi connectivity index (χ4n) is 3.26. The van der Waals surface area contributed by atoms with Gasteiger partial charge >= 0.3 is 6.18 Å². The van der Waals surface area contributed by atoms with Crippen LogP contribution in [-0.4, -0.2) is 60.7 Å². The maximum atomic E-state index is 13.6. The minimum absolute atomic E-state index is 0.0218. The van der Waals surface area contributed by atoms with Crippen molar-refractivity contribution in [1.29, 1.82) is 0 Å². The number of benzene rings is 1. The van der Waals surface area contributed by atoms with Crippen molar-refractivity contribution in [3.8, 4) is 0 Å². The van der Waals surface area contributed by atoms with Gasteiger partial charge in [-0.1, -0.05) is 29.9 Å². The minimum Gasteiger partial charge on any atom is -0.389 e. The normalized spacial score (nSPS) is 17.9. The quantitative estimate of drug-likeness (QED) is 0.496. The SMILES string of the molecule is O=C(NCC(O)CNc1ccc(N2CCOCC2=O)c(C(F)(F)F)c1)C1=CC(Cl)=CCC1=S. The van der Waals surface area contributed by atoms with Gasteiger partial charge in [0.2, 0.25) is 0 Å². The zero-order chi connectivity index (χ0) is 24.2. The number of aliphatic hydroxyl groups is 1. The summed E-state index contributed by atoms with van der Waals surface area (Å²) in [4.78, 5) is 25.7. The maximum Gasteiger partial charge on any atom is 0.418 e. The first kappa shape index (κ1) is 25.2. The predicted octanol–water partition coefficient (Wildman–Crippen LogP) is 2.78. The molecule has 0 saturated carbocycles. The minimum atomic E-state index is -4.69. The Morgan fingerprint density at radius 3 is 2.79 bits per heavy atom. The summed E-state index contributed by atoms with van der Waals surface area (Å²) in [6.45, 7) is -0.393. The number of nitrogens with one attached hydrogen (secondary N) is 2. The Morgan fingerprint density at radius 2 is 2.09 bits per heavy atom. The lowest BCUT2D eigenvalue weighted by Gasteiger charge is -2.29. The first-order chi connectivity index (χ1) is 15.6. The Kier molecular flexibility index (Phi) is 8.11. The maximum absolute atomic E-state index is 13.6. The molecule has 1 unspecified atom stereocenters. The molecule has 2 aliphatic rings. The number of thiocarbonyl (C=S) groups is 1. The summed E-state index contributed by atoms with van der Waals surface area (Å²) in [6, 6.07) is 3.47. The second-order valence-corrected chi connectivity index (χ2v) is 8.28. The molecule has 0 radical (unpaired) electrons. The lowest BCUT2D eigenvalue weighted by Crippen LogP contribution is -2.42. The van der Waals surface area contributed by atoms with Crippen LogP contribution in [0, 0.1) is 0 Å². The number of hydrogen-bond donors (Lipinski definition) is 3. The molecule has 0 bridgehead atoms. The fourth-order valence-corrected chi connectivity index (χ4v) is 3.69. The number of allylic oxidation sites excluding steroid dienone is 3. The molecule has 3 N–H and O–H groups in total. The van der Waals surface area contributed by atoms with Crippen LogP contribution >= 0.6 is 23.8 Å². The number of hydrogen-bond acceptors (Lipinski definition) is 6. The van der Waals surface area contributed by atoms with Gasteiger partial charge in [0.1, 0.15) is 6.61 Å². The molecule has 0 aromatic heterocycles. The van der Waals surface area contributed by atoms with E-state index in [2.05, 4.69) is 10.6 Å². The van der Waals surface area contributed by atoms with E-state index in [1.54, 1.807) is 6.08 Å². The number of nitrogens with zero attached hydrogens (tertiary/aromatic N) is 1. The topological polar surface area (TPSA) is 90.9 Å². The molecule has 2 amide bonds. The van der Waals surface area contributed by atoms with E-state index >= 15 is 0 Å². The Labute approximate surface area is 198 Å². The number of morpholine rings is 1. The van der Waals surface area contributed by atoms with E-state index in [0.717, 1.165) is 11.0 Å². The Morgan fingerprint density at radius 1 is 1.33 bits per heavy atom. The lowest BCUT2D eigenvalue weighted by molar-refractivity contribution is -0.137. The molecule has 1 heterocycles. The van der Waals surface area contributed by atoms with E-state index in [0.29, 0.717) is 16.3 Å². The van der Waals surface area contributed by atoms with E-state index < -0.39 is 29.7 Å². The lowest BCUT2D eigenvalue weighted by atomic mass is 10.0. The highest BCUT2D eigenvalue weighted by Gasteiger charge is 2.37. The van der Waals surface area contributed by atoms with Gasteiger partial charge in [0.15, 0.2) is 0 Å². The number of anilines is 2. The summed E-state index contributed by atoms with van der Waals surface area (Å²) < 4.78 is 45.9. The number of carbonyl (C=O) groups is 2. The molecule has 1 saturated heterocycles. The summed E-state index contributed by atoms with van der Waals surface area (Å²) in [5.74, 6) is -1.05. The van der Waals surface area contributed by atoms with E-state index in [-0.39, 0.29) is 49.8 Å². The van der Waals surface area contributed by atoms with Crippen LogP contribution in [0.1, 0.15) is 12.0 Å². The number of alkyl halides is 3. The highest BCUT2D eigenvalue weighted by atomic mass is 35.5. The standard InChI is InChI=1S/C21H21ClF3N3O4S/c22-12-1-4-18(33)15(7-12)20(31)27-10-14(29)9-26-13-2-3-17(16(8-13)21(23,24)25)28-5-6-32-11-19(28)30/h1-3,7-8,14,26,29H,4-6,9-11H2,(H,27,31). The van der Waals surface area contributed by atoms with Crippen molar-refractivity contribution < 1.29 is 32.6 Å². The number of ether oxygens (including phenoxy) is 1. The predicted molar refractivity (Wildman–Crippen MR) is 121 cm³/mol. The van der Waals surface area contributed by atoms with Crippen LogP contribution in [0.25, 0.3) is 0 Å². The van der Waals surface area contributed by atoms with Gasteiger partial charge in [0.05, 0.1) is 29.5 Å². The van der Waals surface area contributed by atoms with Gasteiger partial charge in [0.25, 0.3) is 11.8 Å². The van der Waals surface area contributed by atoms with Gasteiger partial charge in [-0.2, -0.15) is 13.2 Å². The number of halogens is 4. The van der Waals surface area contributed by atoms with E-state index in [1.165, 1.54) is 18.2 Å². The van der Waals surface area contributed by atoms with Gasteiger partial charge < -0.3 is 25.4 Å². The number of aliphatic hydroxyl groups excluding tert-OH is 1. The summed E-state index contributed by atoms with van der Waals surface area (Å²) in [6.07, 6.45) is -2.31. The monoisotopic (exact) mass is 503 g/mol. The van der Waals surface area contributed by atoms with Crippen LogP contribution in [0.4, 0.5) is 24.5 Å². The van der Waals surface area contributed by atoms with E-state index in [1.807, 2.05) is 0 Å². The zero-order valence-electron chi connectivity index (χ0n) is 17.2. The average molecular weight is 504 g/mol. The van der Waals surface area contributed by atoms with Crippen molar-refractivity contribution in [2.45, 2.75) is 18.7 Å². The Bertz CT molecular complexity index is 1010. The van der Waals surface area contributed by atoms with Gasteiger partial charge in [-0.25, -0.2) is 0 Å². The molecule has 1 aliphatic heterocycles. The van der Waals surface area contributed by atoms with Crippen molar-refractivity contribution in [1.82, 2.24) is 5.32 Å². The molecule has 0 spiro atoms. The average Bonchev–Trinajstić information content (AvgIpc) is 2.77. The molecule has 1 aromatic rings. The van der Waals surface area contributed by atoms with Crippen molar-refractivity contribution in [3.63, 3.8) is 0 Å². The third kappa shape index (κ3) is 6.53. The largest absolute Gasteiger partial charge is 0.418 e. The third-order valence-electron chi connectivity index (χ3n) is 4.93. The van der Waals surface area contributed by atoms with E-state index in [4.69, 9.17) is 28.6 Å². The molecular weight excluding hydrogens is 483 g/mol. The molecular formula is C21H21ClF3N3O4S. The van der Waals surface area contributed by atoms with Crippen molar-refractivity contribution >= 4 is 51.9 Å².